The molecule has 232 valence electrons. The van der Waals surface area contributed by atoms with Crippen molar-refractivity contribution in [2.45, 2.75) is 107 Å². The summed E-state index contributed by atoms with van der Waals surface area (Å²) in [5.41, 5.74) is -0.373. The summed E-state index contributed by atoms with van der Waals surface area (Å²) in [6.45, 7) is 20.3. The van der Waals surface area contributed by atoms with Crippen molar-refractivity contribution in [2.75, 3.05) is 0 Å². The Hall–Kier alpha value is -3.21. The number of fused-ring (bicyclic) bond motifs is 1. The number of rotatable bonds is 8. The number of allylic oxidation sites excluding steroid dienone is 8. The Labute approximate surface area is 258 Å². The molecule has 1 saturated carbocycles. The van der Waals surface area contributed by atoms with E-state index in [-0.39, 0.29) is 46.7 Å². The van der Waals surface area contributed by atoms with Crippen LogP contribution in [0.2, 0.25) is 0 Å². The van der Waals surface area contributed by atoms with E-state index in [2.05, 4.69) is 39.8 Å². The summed E-state index contributed by atoms with van der Waals surface area (Å²) in [5.74, 6) is -0.826. The van der Waals surface area contributed by atoms with Gasteiger partial charge >= 0.3 is 0 Å². The molecule has 2 fully saturated rings. The molecule has 0 radical (unpaired) electrons. The van der Waals surface area contributed by atoms with Crippen molar-refractivity contribution in [3.8, 4) is 5.75 Å². The second kappa shape index (κ2) is 11.4. The molecule has 1 aromatic rings. The Morgan fingerprint density at radius 3 is 2.00 bits per heavy atom. The van der Waals surface area contributed by atoms with E-state index in [0.29, 0.717) is 12.8 Å². The monoisotopic (exact) mass is 586 g/mol. The summed E-state index contributed by atoms with van der Waals surface area (Å²) in [7, 11) is 0. The fraction of sp³-hybridized carbons (Fsp3) is 0.553. The zero-order valence-corrected chi connectivity index (χ0v) is 27.8. The molecule has 1 N–H and O–H groups in total. The molecule has 1 aromatic carbocycles. The van der Waals surface area contributed by atoms with Crippen molar-refractivity contribution in [3.05, 3.63) is 76.1 Å². The molecule has 1 spiro atoms. The summed E-state index contributed by atoms with van der Waals surface area (Å²) < 4.78 is 6.83. The Kier molecular flexibility index (Phi) is 8.65. The number of hydrogen-bond acceptors (Lipinski definition) is 5. The highest BCUT2D eigenvalue weighted by Gasteiger charge is 2.74. The summed E-state index contributed by atoms with van der Waals surface area (Å²) in [4.78, 5) is 44.9. The van der Waals surface area contributed by atoms with Crippen molar-refractivity contribution in [1.82, 2.24) is 0 Å². The van der Waals surface area contributed by atoms with Crippen LogP contribution in [0.1, 0.15) is 112 Å². The van der Waals surface area contributed by atoms with Gasteiger partial charge in [0.15, 0.2) is 17.3 Å². The van der Waals surface area contributed by atoms with Gasteiger partial charge in [0.25, 0.3) is 0 Å². The molecular weight excluding hydrogens is 536 g/mol. The van der Waals surface area contributed by atoms with Crippen molar-refractivity contribution >= 4 is 17.3 Å². The van der Waals surface area contributed by atoms with Gasteiger partial charge in [-0.15, -0.1) is 0 Å². The Morgan fingerprint density at radius 2 is 1.44 bits per heavy atom. The van der Waals surface area contributed by atoms with E-state index < -0.39 is 33.4 Å². The lowest BCUT2D eigenvalue weighted by molar-refractivity contribution is -0.188. The van der Waals surface area contributed by atoms with Gasteiger partial charge in [0, 0.05) is 11.5 Å². The van der Waals surface area contributed by atoms with Crippen LogP contribution in [-0.4, -0.2) is 28.1 Å². The molecule has 1 saturated heterocycles. The minimum absolute atomic E-state index is 0.00638. The average Bonchev–Trinajstić information content (AvgIpc) is 2.89. The van der Waals surface area contributed by atoms with Crippen molar-refractivity contribution in [3.63, 3.8) is 0 Å². The van der Waals surface area contributed by atoms with Crippen LogP contribution in [0.4, 0.5) is 0 Å². The lowest BCUT2D eigenvalue weighted by Crippen LogP contribution is -2.69. The predicted octanol–water partition coefficient (Wildman–Crippen LogP) is 8.88. The molecule has 5 nitrogen and oxygen atoms in total. The summed E-state index contributed by atoms with van der Waals surface area (Å²) >= 11 is 0. The molecule has 43 heavy (non-hydrogen) atoms. The highest BCUT2D eigenvalue weighted by Crippen LogP contribution is 2.69. The number of aromatic hydroxyl groups is 1. The van der Waals surface area contributed by atoms with Crippen LogP contribution in [0, 0.1) is 28.1 Å². The second-order valence-electron chi connectivity index (χ2n) is 15.0. The number of Topliss-reactive ketones (excluding diaryl/α,β-unsaturated/α-hetero) is 3. The Balaban J connectivity index is 2.09. The van der Waals surface area contributed by atoms with Crippen LogP contribution in [0.5, 0.6) is 5.75 Å². The average molecular weight is 587 g/mol. The van der Waals surface area contributed by atoms with Gasteiger partial charge in [0.05, 0.1) is 5.41 Å². The van der Waals surface area contributed by atoms with E-state index in [9.17, 15) is 9.90 Å². The van der Waals surface area contributed by atoms with E-state index in [1.807, 2.05) is 47.6 Å². The normalized spacial score (nSPS) is 28.8. The molecule has 4 atom stereocenters. The van der Waals surface area contributed by atoms with Gasteiger partial charge in [0.1, 0.15) is 28.1 Å². The first kappa shape index (κ1) is 32.7. The zero-order chi connectivity index (χ0) is 32.1. The van der Waals surface area contributed by atoms with Gasteiger partial charge in [-0.05, 0) is 111 Å². The molecule has 2 aliphatic carbocycles. The minimum atomic E-state index is -1.43. The zero-order valence-electron chi connectivity index (χ0n) is 27.8. The third-order valence-corrected chi connectivity index (χ3v) is 10.5. The highest BCUT2D eigenvalue weighted by molar-refractivity contribution is 6.35. The fourth-order valence-electron chi connectivity index (χ4n) is 7.70. The van der Waals surface area contributed by atoms with Gasteiger partial charge in [-0.1, -0.05) is 60.9 Å². The molecule has 0 aromatic heterocycles. The molecule has 5 heteroatoms. The van der Waals surface area contributed by atoms with Gasteiger partial charge in [-0.3, -0.25) is 14.4 Å². The first-order valence-electron chi connectivity index (χ1n) is 15.7. The number of ether oxygens (including phenoxy) is 1. The topological polar surface area (TPSA) is 80.7 Å². The number of carbonyl (C=O) groups excluding carboxylic acids is 3. The van der Waals surface area contributed by atoms with Gasteiger partial charge in [-0.2, -0.15) is 0 Å². The van der Waals surface area contributed by atoms with Gasteiger partial charge in [0.2, 0.25) is 0 Å². The van der Waals surface area contributed by atoms with E-state index >= 15 is 9.59 Å². The summed E-state index contributed by atoms with van der Waals surface area (Å²) in [5, 5.41) is 10.2. The smallest absolute Gasteiger partial charge is 0.200 e. The highest BCUT2D eigenvalue weighted by atomic mass is 16.5. The number of phenols is 1. The third-order valence-electron chi connectivity index (χ3n) is 10.5. The molecule has 2 bridgehead atoms. The lowest BCUT2D eigenvalue weighted by Gasteiger charge is -2.64. The van der Waals surface area contributed by atoms with Gasteiger partial charge in [-0.25, -0.2) is 0 Å². The van der Waals surface area contributed by atoms with Crippen LogP contribution in [0.3, 0.4) is 0 Å². The third kappa shape index (κ3) is 5.38. The van der Waals surface area contributed by atoms with Crippen LogP contribution in [0.15, 0.2) is 70.5 Å². The van der Waals surface area contributed by atoms with E-state index in [4.69, 9.17) is 4.74 Å². The van der Waals surface area contributed by atoms with Crippen LogP contribution < -0.4 is 0 Å². The Morgan fingerprint density at radius 1 is 0.884 bits per heavy atom. The fourth-order valence-corrected chi connectivity index (χ4v) is 7.70. The SMILES string of the molecule is CC(C)=CCC1CC23CC(CC=C(C)C)C(C)(C)C(CC=C(C)C)(C(=O)C(C(=O)c4cccc(O)c4)=C2OC1(C)C)C3=O. The number of phenolic OH excluding ortho intramolecular Hbond substituents is 1. The number of ketones is 3. The summed E-state index contributed by atoms with van der Waals surface area (Å²) in [6.07, 6.45) is 9.14. The van der Waals surface area contributed by atoms with Crippen molar-refractivity contribution in [1.29, 1.82) is 0 Å². The maximum atomic E-state index is 15.3. The van der Waals surface area contributed by atoms with Crippen molar-refractivity contribution < 1.29 is 24.2 Å². The molecule has 4 unspecified atom stereocenters. The molecule has 1 heterocycles. The van der Waals surface area contributed by atoms with E-state index in [1.165, 1.54) is 23.3 Å². The first-order valence-corrected chi connectivity index (χ1v) is 15.7. The molecule has 1 aliphatic heterocycles. The maximum absolute atomic E-state index is 15.3. The van der Waals surface area contributed by atoms with E-state index in [0.717, 1.165) is 18.4 Å². The first-order chi connectivity index (χ1) is 19.9. The largest absolute Gasteiger partial charge is 0.508 e. The molecule has 3 aliphatic rings. The minimum Gasteiger partial charge on any atom is -0.508 e. The predicted molar refractivity (Wildman–Crippen MR) is 172 cm³/mol. The molecule has 4 rings (SSSR count). The number of benzene rings is 1. The maximum Gasteiger partial charge on any atom is 0.200 e. The summed E-state index contributed by atoms with van der Waals surface area (Å²) in [6, 6.07) is 6.10. The number of hydrogen-bond donors (Lipinski definition) is 1. The van der Waals surface area contributed by atoms with Crippen LogP contribution >= 0.6 is 0 Å². The van der Waals surface area contributed by atoms with Crippen LogP contribution in [-0.2, 0) is 14.3 Å². The second-order valence-corrected chi connectivity index (χ2v) is 15.0. The molecular formula is C38H50O5. The molecule has 0 amide bonds. The standard InChI is InChI=1S/C38H50O5/c1-23(2)14-16-27-21-37-22-28(17-15-24(3)4)36(9,10)43-33(37)30(31(40)26-12-11-13-29(39)20-26)32(41)38(34(37)42,35(27,7)8)19-18-25(5)6/h11-15,18,20,27-28,39H,16-17,19,21-22H2,1-10H3. The Bertz CT molecular complexity index is 1450. The van der Waals surface area contributed by atoms with Gasteiger partial charge < -0.3 is 9.84 Å². The lowest BCUT2D eigenvalue weighted by atomic mass is 9.39. The van der Waals surface area contributed by atoms with Crippen molar-refractivity contribution in [2.24, 2.45) is 28.1 Å². The number of carbonyl (C=O) groups is 3. The van der Waals surface area contributed by atoms with E-state index in [1.54, 1.807) is 12.1 Å². The van der Waals surface area contributed by atoms with Crippen LogP contribution in [0.25, 0.3) is 0 Å². The quantitative estimate of drug-likeness (QED) is 0.142.